The number of benzene rings is 2. The van der Waals surface area contributed by atoms with Gasteiger partial charge in [-0.05, 0) is 49.4 Å². The monoisotopic (exact) mass is 309 g/mol. The van der Waals surface area contributed by atoms with E-state index in [1.165, 1.54) is 0 Å². The average Bonchev–Trinajstić information content (AvgIpc) is 2.44. The minimum absolute atomic E-state index is 0.660. The van der Waals surface area contributed by atoms with Crippen molar-refractivity contribution in [2.45, 2.75) is 19.9 Å². The second-order valence-electron chi connectivity index (χ2n) is 4.48. The molecule has 0 aliphatic heterocycles. The van der Waals surface area contributed by atoms with Gasteiger partial charge in [0, 0.05) is 22.2 Å². The van der Waals surface area contributed by atoms with Crippen molar-refractivity contribution in [2.24, 2.45) is 0 Å². The summed E-state index contributed by atoms with van der Waals surface area (Å²) in [5.74, 6) is 1.51. The van der Waals surface area contributed by atoms with Gasteiger partial charge in [-0.1, -0.05) is 36.2 Å². The predicted molar refractivity (Wildman–Crippen MR) is 85.0 cm³/mol. The maximum absolute atomic E-state index is 6.05. The Labute approximate surface area is 129 Å². The van der Waals surface area contributed by atoms with Crippen molar-refractivity contribution in [1.29, 1.82) is 0 Å². The summed E-state index contributed by atoms with van der Waals surface area (Å²) in [4.78, 5) is 0. The van der Waals surface area contributed by atoms with Crippen LogP contribution in [0.4, 0.5) is 0 Å². The van der Waals surface area contributed by atoms with Crippen molar-refractivity contribution in [3.8, 4) is 11.5 Å². The molecular formula is C16H17Cl2NO. The molecule has 0 radical (unpaired) electrons. The summed E-state index contributed by atoms with van der Waals surface area (Å²) in [7, 11) is 0. The topological polar surface area (TPSA) is 21.3 Å². The van der Waals surface area contributed by atoms with E-state index in [1.807, 2.05) is 30.3 Å². The zero-order valence-electron chi connectivity index (χ0n) is 11.3. The minimum atomic E-state index is 0.660. The number of nitrogens with one attached hydrogen (secondary N) is 1. The fraction of sp³-hybridized carbons (Fsp3) is 0.250. The highest BCUT2D eigenvalue weighted by Gasteiger charge is 2.06. The lowest BCUT2D eigenvalue weighted by Crippen LogP contribution is -2.14. The first-order chi connectivity index (χ1) is 9.69. The molecule has 0 aromatic heterocycles. The average molecular weight is 310 g/mol. The SMILES string of the molecule is CCCNCc1ccc(Cl)cc1Oc1ccc(Cl)cc1. The lowest BCUT2D eigenvalue weighted by atomic mass is 10.2. The van der Waals surface area contributed by atoms with Crippen LogP contribution in [0.25, 0.3) is 0 Å². The van der Waals surface area contributed by atoms with Crippen molar-refractivity contribution in [1.82, 2.24) is 5.32 Å². The smallest absolute Gasteiger partial charge is 0.133 e. The van der Waals surface area contributed by atoms with E-state index in [0.29, 0.717) is 10.0 Å². The van der Waals surface area contributed by atoms with Crippen LogP contribution in [0.3, 0.4) is 0 Å². The van der Waals surface area contributed by atoms with Gasteiger partial charge in [0.15, 0.2) is 0 Å². The van der Waals surface area contributed by atoms with E-state index in [1.54, 1.807) is 12.1 Å². The Hall–Kier alpha value is -1.22. The van der Waals surface area contributed by atoms with Crippen LogP contribution in [0.5, 0.6) is 11.5 Å². The Morgan fingerprint density at radius 3 is 2.40 bits per heavy atom. The molecule has 0 heterocycles. The van der Waals surface area contributed by atoms with Crippen LogP contribution >= 0.6 is 23.2 Å². The largest absolute Gasteiger partial charge is 0.457 e. The molecule has 0 aliphatic rings. The number of hydrogen-bond donors (Lipinski definition) is 1. The van der Waals surface area contributed by atoms with Gasteiger partial charge in [-0.15, -0.1) is 0 Å². The van der Waals surface area contributed by atoms with Gasteiger partial charge in [0.1, 0.15) is 11.5 Å². The summed E-state index contributed by atoms with van der Waals surface area (Å²) in [5.41, 5.74) is 1.08. The van der Waals surface area contributed by atoms with Crippen LogP contribution < -0.4 is 10.1 Å². The lowest BCUT2D eigenvalue weighted by molar-refractivity contribution is 0.472. The van der Waals surface area contributed by atoms with Crippen molar-refractivity contribution >= 4 is 23.2 Å². The third kappa shape index (κ3) is 4.41. The second kappa shape index (κ2) is 7.53. The molecule has 2 aromatic rings. The number of ether oxygens (including phenoxy) is 1. The van der Waals surface area contributed by atoms with Crippen molar-refractivity contribution < 1.29 is 4.74 Å². The standard InChI is InChI=1S/C16H17Cl2NO/c1-2-9-19-11-12-3-4-14(18)10-16(12)20-15-7-5-13(17)6-8-15/h3-8,10,19H,2,9,11H2,1H3. The second-order valence-corrected chi connectivity index (χ2v) is 5.36. The molecular weight excluding hydrogens is 293 g/mol. The molecule has 106 valence electrons. The summed E-state index contributed by atoms with van der Waals surface area (Å²) < 4.78 is 5.89. The van der Waals surface area contributed by atoms with Crippen LogP contribution in [0.2, 0.25) is 10.0 Å². The lowest BCUT2D eigenvalue weighted by Gasteiger charge is -2.12. The highest BCUT2D eigenvalue weighted by atomic mass is 35.5. The summed E-state index contributed by atoms with van der Waals surface area (Å²) in [6, 6.07) is 13.0. The molecule has 0 fully saturated rings. The van der Waals surface area contributed by atoms with Gasteiger partial charge in [0.25, 0.3) is 0 Å². The Balaban J connectivity index is 2.15. The van der Waals surface area contributed by atoms with Crippen molar-refractivity contribution in [2.75, 3.05) is 6.54 Å². The predicted octanol–water partition coefficient (Wildman–Crippen LogP) is 5.29. The van der Waals surface area contributed by atoms with Crippen LogP contribution in [0.1, 0.15) is 18.9 Å². The molecule has 0 saturated heterocycles. The highest BCUT2D eigenvalue weighted by molar-refractivity contribution is 6.31. The Kier molecular flexibility index (Phi) is 5.72. The summed E-state index contributed by atoms with van der Waals surface area (Å²) in [6.45, 7) is 3.87. The zero-order valence-corrected chi connectivity index (χ0v) is 12.8. The van der Waals surface area contributed by atoms with Gasteiger partial charge in [-0.25, -0.2) is 0 Å². The number of halogens is 2. The first-order valence-corrected chi connectivity index (χ1v) is 7.37. The molecule has 0 saturated carbocycles. The van der Waals surface area contributed by atoms with Crippen LogP contribution in [0.15, 0.2) is 42.5 Å². The molecule has 2 nitrogen and oxygen atoms in total. The number of hydrogen-bond acceptors (Lipinski definition) is 2. The molecule has 0 aliphatic carbocycles. The summed E-state index contributed by atoms with van der Waals surface area (Å²) >= 11 is 11.9. The first-order valence-electron chi connectivity index (χ1n) is 6.61. The van der Waals surface area contributed by atoms with Gasteiger partial charge in [-0.2, -0.15) is 0 Å². The first kappa shape index (κ1) is 15.2. The molecule has 4 heteroatoms. The van der Waals surface area contributed by atoms with Gasteiger partial charge >= 0.3 is 0 Å². The fourth-order valence-corrected chi connectivity index (χ4v) is 2.09. The van der Waals surface area contributed by atoms with Gasteiger partial charge in [0.05, 0.1) is 0 Å². The van der Waals surface area contributed by atoms with Crippen LogP contribution in [-0.4, -0.2) is 6.54 Å². The normalized spacial score (nSPS) is 10.6. The van der Waals surface area contributed by atoms with E-state index in [4.69, 9.17) is 27.9 Å². The summed E-state index contributed by atoms with van der Waals surface area (Å²) in [6.07, 6.45) is 1.10. The molecule has 2 rings (SSSR count). The number of rotatable bonds is 6. The van der Waals surface area contributed by atoms with Crippen molar-refractivity contribution in [3.63, 3.8) is 0 Å². The summed E-state index contributed by atoms with van der Waals surface area (Å²) in [5, 5.41) is 4.71. The molecule has 1 N–H and O–H groups in total. The minimum Gasteiger partial charge on any atom is -0.457 e. The van der Waals surface area contributed by atoms with Crippen LogP contribution in [0, 0.1) is 0 Å². The Morgan fingerprint density at radius 1 is 1.00 bits per heavy atom. The maximum atomic E-state index is 6.05. The quantitative estimate of drug-likeness (QED) is 0.732. The van der Waals surface area contributed by atoms with E-state index in [9.17, 15) is 0 Å². The van der Waals surface area contributed by atoms with E-state index in [-0.39, 0.29) is 0 Å². The molecule has 0 unspecified atom stereocenters. The van der Waals surface area contributed by atoms with Crippen LogP contribution in [-0.2, 0) is 6.54 Å². The highest BCUT2D eigenvalue weighted by Crippen LogP contribution is 2.29. The van der Waals surface area contributed by atoms with Gasteiger partial charge in [0.2, 0.25) is 0 Å². The van der Waals surface area contributed by atoms with Gasteiger partial charge in [-0.3, -0.25) is 0 Å². The fourth-order valence-electron chi connectivity index (χ4n) is 1.80. The third-order valence-electron chi connectivity index (χ3n) is 2.81. The molecule has 2 aromatic carbocycles. The van der Waals surface area contributed by atoms with E-state index in [2.05, 4.69) is 12.2 Å². The molecule has 0 bridgehead atoms. The Morgan fingerprint density at radius 2 is 1.70 bits per heavy atom. The van der Waals surface area contributed by atoms with E-state index >= 15 is 0 Å². The van der Waals surface area contributed by atoms with Crippen molar-refractivity contribution in [3.05, 3.63) is 58.1 Å². The molecule has 0 spiro atoms. The maximum Gasteiger partial charge on any atom is 0.133 e. The van der Waals surface area contributed by atoms with Gasteiger partial charge < -0.3 is 10.1 Å². The molecule has 0 atom stereocenters. The molecule has 0 amide bonds. The Bertz CT molecular complexity index is 555. The van der Waals surface area contributed by atoms with E-state index in [0.717, 1.165) is 36.6 Å². The molecule has 20 heavy (non-hydrogen) atoms. The van der Waals surface area contributed by atoms with E-state index < -0.39 is 0 Å². The zero-order chi connectivity index (χ0) is 14.4. The third-order valence-corrected chi connectivity index (χ3v) is 3.30.